The van der Waals surface area contributed by atoms with Crippen molar-refractivity contribution in [2.45, 2.75) is 6.42 Å². The Morgan fingerprint density at radius 1 is 1.12 bits per heavy atom. The van der Waals surface area contributed by atoms with E-state index in [0.717, 1.165) is 0 Å². The second-order valence-corrected chi connectivity index (χ2v) is 5.22. The van der Waals surface area contributed by atoms with Crippen LogP contribution >= 0.6 is 11.6 Å². The van der Waals surface area contributed by atoms with Crippen LogP contribution in [0.15, 0.2) is 42.6 Å². The molecule has 24 heavy (non-hydrogen) atoms. The lowest BCUT2D eigenvalue weighted by Crippen LogP contribution is -2.30. The molecule has 124 valence electrons. The average Bonchev–Trinajstić information content (AvgIpc) is 2.55. The van der Waals surface area contributed by atoms with Gasteiger partial charge in [0.1, 0.15) is 11.7 Å². The molecule has 0 atom stereocenters. The number of carboxylic acids is 1. The number of nitrogens with one attached hydrogen (secondary N) is 2. The third-order valence-electron chi connectivity index (χ3n) is 3.04. The summed E-state index contributed by atoms with van der Waals surface area (Å²) in [6.07, 6.45) is 1.29. The second-order valence-electron chi connectivity index (χ2n) is 4.83. The highest BCUT2D eigenvalue weighted by Gasteiger charge is 2.12. The van der Waals surface area contributed by atoms with Gasteiger partial charge in [0, 0.05) is 11.9 Å². The van der Waals surface area contributed by atoms with E-state index in [1.165, 1.54) is 18.3 Å². The van der Waals surface area contributed by atoms with Gasteiger partial charge in [0.15, 0.2) is 0 Å². The molecule has 0 unspecified atom stereocenters. The molecule has 0 saturated heterocycles. The number of rotatable bonds is 6. The largest absolute Gasteiger partial charge is 0.480 e. The van der Waals surface area contributed by atoms with Crippen LogP contribution in [0.5, 0.6) is 0 Å². The number of hydrogen-bond acceptors (Lipinski definition) is 4. The van der Waals surface area contributed by atoms with Gasteiger partial charge in [0.05, 0.1) is 12.0 Å². The predicted molar refractivity (Wildman–Crippen MR) is 88.0 cm³/mol. The number of nitrogens with zero attached hydrogens (tertiary/aromatic N) is 1. The number of aromatic nitrogens is 1. The fraction of sp³-hybridized carbons (Fsp3) is 0.125. The van der Waals surface area contributed by atoms with Gasteiger partial charge in [-0.25, -0.2) is 4.98 Å². The van der Waals surface area contributed by atoms with Gasteiger partial charge in [-0.1, -0.05) is 29.8 Å². The Morgan fingerprint density at radius 3 is 2.54 bits per heavy atom. The molecule has 8 heteroatoms. The minimum Gasteiger partial charge on any atom is -0.480 e. The number of carbonyl (C=O) groups excluding carboxylic acids is 2. The molecule has 2 aromatic rings. The van der Waals surface area contributed by atoms with Crippen molar-refractivity contribution >= 4 is 35.1 Å². The number of pyridine rings is 1. The monoisotopic (exact) mass is 347 g/mol. The van der Waals surface area contributed by atoms with Gasteiger partial charge in [-0.05, 0) is 23.8 Å². The van der Waals surface area contributed by atoms with Crippen LogP contribution in [0.3, 0.4) is 0 Å². The van der Waals surface area contributed by atoms with Gasteiger partial charge in [0.25, 0.3) is 5.91 Å². The first-order valence-electron chi connectivity index (χ1n) is 6.95. The van der Waals surface area contributed by atoms with E-state index in [0.29, 0.717) is 16.8 Å². The van der Waals surface area contributed by atoms with Crippen molar-refractivity contribution in [1.82, 2.24) is 10.3 Å². The van der Waals surface area contributed by atoms with Crippen LogP contribution in [0.4, 0.5) is 5.69 Å². The minimum absolute atomic E-state index is 0.0530. The number of carbonyl (C=O) groups is 3. The summed E-state index contributed by atoms with van der Waals surface area (Å²) in [7, 11) is 0. The number of amides is 2. The van der Waals surface area contributed by atoms with E-state index in [-0.39, 0.29) is 11.6 Å². The first-order chi connectivity index (χ1) is 11.5. The summed E-state index contributed by atoms with van der Waals surface area (Å²) in [6.45, 7) is -0.455. The van der Waals surface area contributed by atoms with Crippen molar-refractivity contribution in [2.75, 3.05) is 11.9 Å². The summed E-state index contributed by atoms with van der Waals surface area (Å²) in [6, 6.07) is 9.80. The summed E-state index contributed by atoms with van der Waals surface area (Å²) >= 11 is 5.68. The predicted octanol–water partition coefficient (Wildman–Crippen LogP) is 1.73. The standard InChI is InChI=1S/C16H14ClN3O4/c17-13-6-5-11(8-18-13)16(24)20-12-4-2-1-3-10(12)7-14(21)19-9-15(22)23/h1-6,8H,7,9H2,(H,19,21)(H,20,24)(H,22,23). The molecule has 0 bridgehead atoms. The number of carboxylic acid groups (broad SMARTS) is 1. The molecule has 2 rings (SSSR count). The number of anilines is 1. The van der Waals surface area contributed by atoms with E-state index in [1.807, 2.05) is 0 Å². The highest BCUT2D eigenvalue weighted by atomic mass is 35.5. The number of hydrogen-bond donors (Lipinski definition) is 3. The molecular formula is C16H14ClN3O4. The van der Waals surface area contributed by atoms with Gasteiger partial charge in [-0.15, -0.1) is 0 Å². The Morgan fingerprint density at radius 2 is 1.88 bits per heavy atom. The Hall–Kier alpha value is -2.93. The lowest BCUT2D eigenvalue weighted by molar-refractivity contribution is -0.137. The first-order valence-corrected chi connectivity index (χ1v) is 7.33. The van der Waals surface area contributed by atoms with E-state index in [4.69, 9.17) is 16.7 Å². The molecule has 0 aliphatic heterocycles. The molecule has 0 radical (unpaired) electrons. The highest BCUT2D eigenvalue weighted by Crippen LogP contribution is 2.17. The van der Waals surface area contributed by atoms with Crippen molar-refractivity contribution in [1.29, 1.82) is 0 Å². The van der Waals surface area contributed by atoms with E-state index in [9.17, 15) is 14.4 Å². The smallest absolute Gasteiger partial charge is 0.322 e. The van der Waals surface area contributed by atoms with Gasteiger partial charge < -0.3 is 15.7 Å². The number of para-hydroxylation sites is 1. The van der Waals surface area contributed by atoms with Gasteiger partial charge in [0.2, 0.25) is 5.91 Å². The zero-order valence-corrected chi connectivity index (χ0v) is 13.2. The Kier molecular flexibility index (Phi) is 5.86. The minimum atomic E-state index is -1.12. The Labute approximate surface area is 142 Å². The maximum Gasteiger partial charge on any atom is 0.322 e. The maximum atomic E-state index is 12.2. The Bertz CT molecular complexity index is 762. The molecule has 0 spiro atoms. The van der Waals surface area contributed by atoms with Crippen molar-refractivity contribution in [3.05, 3.63) is 58.9 Å². The fourth-order valence-electron chi connectivity index (χ4n) is 1.91. The number of halogens is 1. The molecule has 3 N–H and O–H groups in total. The van der Waals surface area contributed by atoms with E-state index in [1.54, 1.807) is 24.3 Å². The van der Waals surface area contributed by atoms with Crippen LogP contribution in [0.1, 0.15) is 15.9 Å². The van der Waals surface area contributed by atoms with E-state index >= 15 is 0 Å². The molecule has 0 aliphatic rings. The lowest BCUT2D eigenvalue weighted by atomic mass is 10.1. The topological polar surface area (TPSA) is 108 Å². The Balaban J connectivity index is 2.08. The van der Waals surface area contributed by atoms with E-state index in [2.05, 4.69) is 15.6 Å². The average molecular weight is 348 g/mol. The van der Waals surface area contributed by atoms with Crippen LogP contribution in [0.2, 0.25) is 5.15 Å². The first kappa shape index (κ1) is 17.4. The van der Waals surface area contributed by atoms with Crippen LogP contribution in [-0.2, 0) is 16.0 Å². The second kappa shape index (κ2) is 8.07. The quantitative estimate of drug-likeness (QED) is 0.690. The molecule has 2 amide bonds. The van der Waals surface area contributed by atoms with Crippen molar-refractivity contribution in [3.63, 3.8) is 0 Å². The van der Waals surface area contributed by atoms with E-state index < -0.39 is 24.3 Å². The molecular weight excluding hydrogens is 334 g/mol. The number of benzene rings is 1. The molecule has 0 aliphatic carbocycles. The zero-order chi connectivity index (χ0) is 17.5. The molecule has 0 fully saturated rings. The van der Waals surface area contributed by atoms with Crippen LogP contribution < -0.4 is 10.6 Å². The van der Waals surface area contributed by atoms with Crippen LogP contribution in [-0.4, -0.2) is 34.4 Å². The summed E-state index contributed by atoms with van der Waals surface area (Å²) < 4.78 is 0. The van der Waals surface area contributed by atoms with Crippen LogP contribution in [0, 0.1) is 0 Å². The third-order valence-corrected chi connectivity index (χ3v) is 3.27. The summed E-state index contributed by atoms with van der Waals surface area (Å²) in [4.78, 5) is 38.3. The molecule has 1 aromatic carbocycles. The molecule has 7 nitrogen and oxygen atoms in total. The lowest BCUT2D eigenvalue weighted by Gasteiger charge is -2.11. The molecule has 1 heterocycles. The maximum absolute atomic E-state index is 12.2. The summed E-state index contributed by atoms with van der Waals surface area (Å²) in [5.41, 5.74) is 1.35. The van der Waals surface area contributed by atoms with Crippen molar-refractivity contribution in [3.8, 4) is 0 Å². The van der Waals surface area contributed by atoms with Gasteiger partial charge in [-0.3, -0.25) is 14.4 Å². The normalized spacial score (nSPS) is 10.0. The highest BCUT2D eigenvalue weighted by molar-refractivity contribution is 6.29. The number of aliphatic carboxylic acids is 1. The van der Waals surface area contributed by atoms with Crippen molar-refractivity contribution < 1.29 is 19.5 Å². The third kappa shape index (κ3) is 5.06. The van der Waals surface area contributed by atoms with Gasteiger partial charge in [-0.2, -0.15) is 0 Å². The summed E-state index contributed by atoms with van der Waals surface area (Å²) in [5.74, 6) is -1.97. The summed E-state index contributed by atoms with van der Waals surface area (Å²) in [5, 5.41) is 13.8. The molecule has 1 aromatic heterocycles. The SMILES string of the molecule is O=C(O)CNC(=O)Cc1ccccc1NC(=O)c1ccc(Cl)nc1. The van der Waals surface area contributed by atoms with Crippen LogP contribution in [0.25, 0.3) is 0 Å². The fourth-order valence-corrected chi connectivity index (χ4v) is 2.02. The van der Waals surface area contributed by atoms with Crippen molar-refractivity contribution in [2.24, 2.45) is 0 Å². The van der Waals surface area contributed by atoms with Gasteiger partial charge >= 0.3 is 5.97 Å². The zero-order valence-electron chi connectivity index (χ0n) is 12.5. The molecule has 0 saturated carbocycles.